The quantitative estimate of drug-likeness (QED) is 0.665. The van der Waals surface area contributed by atoms with Crippen LogP contribution in [0.3, 0.4) is 0 Å². The molecule has 0 spiro atoms. The summed E-state index contributed by atoms with van der Waals surface area (Å²) in [5.41, 5.74) is 0.192. The molecule has 17 heavy (non-hydrogen) atoms. The number of hydrogen-bond donors (Lipinski definition) is 0. The molecule has 0 amide bonds. The molecule has 0 saturated heterocycles. The Morgan fingerprint density at radius 3 is 1.88 bits per heavy atom. The van der Waals surface area contributed by atoms with Crippen LogP contribution in [-0.4, -0.2) is 24.9 Å². The molecule has 0 N–H and O–H groups in total. The SMILES string of the molecule is CC(C)OCC(C)(C)OC[C@H](C)CC(C)(C)C. The van der Waals surface area contributed by atoms with Crippen molar-refractivity contribution in [1.82, 2.24) is 0 Å². The van der Waals surface area contributed by atoms with E-state index in [9.17, 15) is 0 Å². The molecular formula is C15H32O2. The summed E-state index contributed by atoms with van der Waals surface area (Å²) in [6.07, 6.45) is 1.46. The van der Waals surface area contributed by atoms with Crippen molar-refractivity contribution in [2.75, 3.05) is 13.2 Å². The van der Waals surface area contributed by atoms with Gasteiger partial charge in [0.1, 0.15) is 0 Å². The molecule has 0 aromatic heterocycles. The molecule has 0 aliphatic rings. The minimum atomic E-state index is -0.184. The van der Waals surface area contributed by atoms with Crippen LogP contribution < -0.4 is 0 Å². The van der Waals surface area contributed by atoms with Crippen molar-refractivity contribution in [3.63, 3.8) is 0 Å². The van der Waals surface area contributed by atoms with Crippen LogP contribution in [0.15, 0.2) is 0 Å². The molecule has 2 heteroatoms. The smallest absolute Gasteiger partial charge is 0.0859 e. The first kappa shape index (κ1) is 16.9. The molecular weight excluding hydrogens is 212 g/mol. The van der Waals surface area contributed by atoms with Crippen LogP contribution in [0.5, 0.6) is 0 Å². The van der Waals surface area contributed by atoms with Crippen molar-refractivity contribution in [1.29, 1.82) is 0 Å². The molecule has 0 radical (unpaired) electrons. The van der Waals surface area contributed by atoms with E-state index in [1.54, 1.807) is 0 Å². The Kier molecular flexibility index (Phi) is 6.71. The second kappa shape index (κ2) is 6.75. The third-order valence-electron chi connectivity index (χ3n) is 2.48. The highest BCUT2D eigenvalue weighted by Gasteiger charge is 2.22. The van der Waals surface area contributed by atoms with Crippen molar-refractivity contribution in [3.8, 4) is 0 Å². The Hall–Kier alpha value is -0.0800. The summed E-state index contributed by atoms with van der Waals surface area (Å²) in [4.78, 5) is 0. The van der Waals surface area contributed by atoms with Crippen molar-refractivity contribution in [2.45, 2.75) is 73.5 Å². The molecule has 0 aromatic carbocycles. The maximum atomic E-state index is 5.96. The molecule has 0 aliphatic heterocycles. The van der Waals surface area contributed by atoms with E-state index in [0.29, 0.717) is 17.9 Å². The fourth-order valence-electron chi connectivity index (χ4n) is 1.88. The number of rotatable bonds is 7. The van der Waals surface area contributed by atoms with E-state index in [-0.39, 0.29) is 11.7 Å². The largest absolute Gasteiger partial charge is 0.376 e. The van der Waals surface area contributed by atoms with E-state index >= 15 is 0 Å². The molecule has 0 rings (SSSR count). The van der Waals surface area contributed by atoms with E-state index in [1.807, 2.05) is 0 Å². The van der Waals surface area contributed by atoms with E-state index in [1.165, 1.54) is 6.42 Å². The predicted octanol–water partition coefficient (Wildman–Crippen LogP) is 4.28. The first-order chi connectivity index (χ1) is 7.52. The van der Waals surface area contributed by atoms with Gasteiger partial charge in [-0.05, 0) is 45.4 Å². The lowest BCUT2D eigenvalue weighted by Gasteiger charge is -2.30. The summed E-state index contributed by atoms with van der Waals surface area (Å²) in [5.74, 6) is 0.591. The highest BCUT2D eigenvalue weighted by Crippen LogP contribution is 2.25. The van der Waals surface area contributed by atoms with Crippen LogP contribution in [0.4, 0.5) is 0 Å². The molecule has 0 unspecified atom stereocenters. The molecule has 2 nitrogen and oxygen atoms in total. The van der Waals surface area contributed by atoms with Gasteiger partial charge in [-0.25, -0.2) is 0 Å². The summed E-state index contributed by atoms with van der Waals surface area (Å²) in [6, 6.07) is 0. The normalized spacial score (nSPS) is 15.4. The molecule has 1 atom stereocenters. The monoisotopic (exact) mass is 244 g/mol. The molecule has 0 heterocycles. The van der Waals surface area contributed by atoms with Gasteiger partial charge in [0.2, 0.25) is 0 Å². The van der Waals surface area contributed by atoms with Gasteiger partial charge in [-0.15, -0.1) is 0 Å². The van der Waals surface area contributed by atoms with Gasteiger partial charge >= 0.3 is 0 Å². The average Bonchev–Trinajstić information content (AvgIpc) is 2.09. The van der Waals surface area contributed by atoms with E-state index in [2.05, 4.69) is 55.4 Å². The Labute approximate surface area is 108 Å². The standard InChI is InChI=1S/C15H32O2/c1-12(2)16-11-15(7,8)17-10-13(3)9-14(4,5)6/h12-13H,9-11H2,1-8H3/t13-/m1/s1. The fourth-order valence-corrected chi connectivity index (χ4v) is 1.88. The molecule has 0 aromatic rings. The molecule has 0 fully saturated rings. The van der Waals surface area contributed by atoms with Gasteiger partial charge in [-0.3, -0.25) is 0 Å². The Bertz CT molecular complexity index is 201. The van der Waals surface area contributed by atoms with Crippen LogP contribution in [0.1, 0.15) is 61.8 Å². The lowest BCUT2D eigenvalue weighted by atomic mass is 9.86. The van der Waals surface area contributed by atoms with Crippen molar-refractivity contribution in [3.05, 3.63) is 0 Å². The summed E-state index contributed by atoms with van der Waals surface area (Å²) in [5, 5.41) is 0. The topological polar surface area (TPSA) is 18.5 Å². The fraction of sp³-hybridized carbons (Fsp3) is 1.00. The van der Waals surface area contributed by atoms with Gasteiger partial charge in [-0.1, -0.05) is 27.7 Å². The highest BCUT2D eigenvalue weighted by molar-refractivity contribution is 4.71. The van der Waals surface area contributed by atoms with Crippen LogP contribution in [0, 0.1) is 11.3 Å². The van der Waals surface area contributed by atoms with E-state index in [4.69, 9.17) is 9.47 Å². The second-order valence-corrected chi connectivity index (χ2v) is 7.30. The first-order valence-electron chi connectivity index (χ1n) is 6.77. The van der Waals surface area contributed by atoms with Gasteiger partial charge in [0.25, 0.3) is 0 Å². The second-order valence-electron chi connectivity index (χ2n) is 7.30. The Balaban J connectivity index is 3.92. The summed E-state index contributed by atoms with van der Waals surface area (Å²) >= 11 is 0. The predicted molar refractivity (Wildman–Crippen MR) is 74.4 cm³/mol. The average molecular weight is 244 g/mol. The van der Waals surface area contributed by atoms with Gasteiger partial charge in [0.15, 0.2) is 0 Å². The maximum absolute atomic E-state index is 5.96. The Morgan fingerprint density at radius 1 is 0.941 bits per heavy atom. The van der Waals surface area contributed by atoms with Crippen molar-refractivity contribution >= 4 is 0 Å². The number of hydrogen-bond acceptors (Lipinski definition) is 2. The molecule has 0 aliphatic carbocycles. The van der Waals surface area contributed by atoms with E-state index in [0.717, 1.165) is 6.61 Å². The van der Waals surface area contributed by atoms with Gasteiger partial charge in [0.05, 0.1) is 18.3 Å². The summed E-state index contributed by atoms with van der Waals surface area (Å²) < 4.78 is 11.6. The maximum Gasteiger partial charge on any atom is 0.0859 e. The summed E-state index contributed by atoms with van der Waals surface area (Å²) in [6.45, 7) is 18.8. The van der Waals surface area contributed by atoms with Crippen LogP contribution in [0.25, 0.3) is 0 Å². The lowest BCUT2D eigenvalue weighted by molar-refractivity contribution is -0.0982. The zero-order valence-electron chi connectivity index (χ0n) is 13.1. The van der Waals surface area contributed by atoms with Crippen molar-refractivity contribution < 1.29 is 9.47 Å². The minimum absolute atomic E-state index is 0.184. The third kappa shape index (κ3) is 10.8. The van der Waals surface area contributed by atoms with Crippen molar-refractivity contribution in [2.24, 2.45) is 11.3 Å². The Morgan fingerprint density at radius 2 is 1.47 bits per heavy atom. The van der Waals surface area contributed by atoms with Crippen LogP contribution in [0.2, 0.25) is 0 Å². The van der Waals surface area contributed by atoms with Crippen LogP contribution >= 0.6 is 0 Å². The zero-order chi connectivity index (χ0) is 13.7. The van der Waals surface area contributed by atoms with Crippen LogP contribution in [-0.2, 0) is 9.47 Å². The van der Waals surface area contributed by atoms with Gasteiger partial charge < -0.3 is 9.47 Å². The minimum Gasteiger partial charge on any atom is -0.376 e. The van der Waals surface area contributed by atoms with Gasteiger partial charge in [0, 0.05) is 6.61 Å². The van der Waals surface area contributed by atoms with Gasteiger partial charge in [-0.2, -0.15) is 0 Å². The molecule has 0 saturated carbocycles. The zero-order valence-corrected chi connectivity index (χ0v) is 13.1. The van der Waals surface area contributed by atoms with E-state index < -0.39 is 0 Å². The molecule has 104 valence electrons. The summed E-state index contributed by atoms with van der Waals surface area (Å²) in [7, 11) is 0. The lowest BCUT2D eigenvalue weighted by Crippen LogP contribution is -2.34. The number of ether oxygens (including phenoxy) is 2. The molecule has 0 bridgehead atoms. The first-order valence-corrected chi connectivity index (χ1v) is 6.77. The third-order valence-corrected chi connectivity index (χ3v) is 2.48. The highest BCUT2D eigenvalue weighted by atomic mass is 16.5.